The monoisotopic (exact) mass is 307 g/mol. The fourth-order valence-corrected chi connectivity index (χ4v) is 2.23. The van der Waals surface area contributed by atoms with E-state index in [9.17, 15) is 4.39 Å². The predicted molar refractivity (Wildman–Crippen MR) is 79.2 cm³/mol. The molecule has 1 aromatic heterocycles. The van der Waals surface area contributed by atoms with Crippen molar-refractivity contribution in [2.75, 3.05) is 5.32 Å². The molecule has 20 heavy (non-hydrogen) atoms. The van der Waals surface area contributed by atoms with Crippen LogP contribution in [0.4, 0.5) is 15.9 Å². The van der Waals surface area contributed by atoms with Crippen LogP contribution >= 0.6 is 23.2 Å². The average molecular weight is 308 g/mol. The zero-order chi connectivity index (χ0) is 14.1. The van der Waals surface area contributed by atoms with Crippen molar-refractivity contribution in [1.82, 2.24) is 9.97 Å². The first kappa shape index (κ1) is 13.1. The maximum atomic E-state index is 13.7. The van der Waals surface area contributed by atoms with Gasteiger partial charge in [-0.1, -0.05) is 35.3 Å². The molecular formula is C14H8Cl2FN3. The van der Waals surface area contributed by atoms with Crippen molar-refractivity contribution in [2.45, 2.75) is 0 Å². The van der Waals surface area contributed by atoms with Crippen LogP contribution in [0.2, 0.25) is 10.0 Å². The van der Waals surface area contributed by atoms with Gasteiger partial charge in [-0.15, -0.1) is 0 Å². The van der Waals surface area contributed by atoms with Gasteiger partial charge in [0.1, 0.15) is 23.5 Å². The van der Waals surface area contributed by atoms with Gasteiger partial charge in [0.05, 0.1) is 15.7 Å². The minimum atomic E-state index is -0.398. The van der Waals surface area contributed by atoms with Crippen molar-refractivity contribution in [3.8, 4) is 0 Å². The van der Waals surface area contributed by atoms with Crippen LogP contribution in [-0.4, -0.2) is 9.97 Å². The van der Waals surface area contributed by atoms with E-state index in [1.165, 1.54) is 12.4 Å². The molecule has 3 rings (SSSR count). The third-order valence-corrected chi connectivity index (χ3v) is 3.64. The van der Waals surface area contributed by atoms with E-state index in [1.54, 1.807) is 30.3 Å². The number of benzene rings is 2. The van der Waals surface area contributed by atoms with Crippen LogP contribution in [0, 0.1) is 5.82 Å². The Morgan fingerprint density at radius 2 is 1.80 bits per heavy atom. The second kappa shape index (κ2) is 5.23. The topological polar surface area (TPSA) is 37.8 Å². The summed E-state index contributed by atoms with van der Waals surface area (Å²) in [7, 11) is 0. The van der Waals surface area contributed by atoms with Crippen LogP contribution in [-0.2, 0) is 0 Å². The third-order valence-electron chi connectivity index (χ3n) is 2.82. The molecule has 0 saturated carbocycles. The summed E-state index contributed by atoms with van der Waals surface area (Å²) >= 11 is 12.1. The number of halogens is 3. The third kappa shape index (κ3) is 2.28. The first-order valence-electron chi connectivity index (χ1n) is 5.77. The van der Waals surface area contributed by atoms with Crippen molar-refractivity contribution in [3.05, 3.63) is 58.6 Å². The van der Waals surface area contributed by atoms with E-state index in [-0.39, 0.29) is 5.52 Å². The van der Waals surface area contributed by atoms with Gasteiger partial charge in [-0.3, -0.25) is 0 Å². The molecular weight excluding hydrogens is 300 g/mol. The summed E-state index contributed by atoms with van der Waals surface area (Å²) in [5.74, 6) is 0.0730. The number of hydrogen-bond acceptors (Lipinski definition) is 3. The Morgan fingerprint density at radius 3 is 2.65 bits per heavy atom. The van der Waals surface area contributed by atoms with Crippen molar-refractivity contribution in [2.24, 2.45) is 0 Å². The Labute approximate surface area is 124 Å². The molecule has 0 amide bonds. The van der Waals surface area contributed by atoms with Gasteiger partial charge in [0, 0.05) is 5.39 Å². The molecule has 0 bridgehead atoms. The highest BCUT2D eigenvalue weighted by atomic mass is 35.5. The number of nitrogens with zero attached hydrogens (tertiary/aromatic N) is 2. The molecule has 0 aliphatic rings. The lowest BCUT2D eigenvalue weighted by molar-refractivity contribution is 0.636. The zero-order valence-electron chi connectivity index (χ0n) is 10.1. The van der Waals surface area contributed by atoms with Crippen LogP contribution in [0.3, 0.4) is 0 Å². The summed E-state index contributed by atoms with van der Waals surface area (Å²) in [5.41, 5.74) is 0.853. The minimum absolute atomic E-state index is 0.253. The van der Waals surface area contributed by atoms with Crippen molar-refractivity contribution < 1.29 is 4.39 Å². The lowest BCUT2D eigenvalue weighted by atomic mass is 10.2. The minimum Gasteiger partial charge on any atom is -0.338 e. The molecule has 0 atom stereocenters. The highest BCUT2D eigenvalue weighted by molar-refractivity contribution is 6.43. The number of rotatable bonds is 2. The first-order chi connectivity index (χ1) is 9.66. The second-order valence-corrected chi connectivity index (χ2v) is 4.87. The molecule has 2 aromatic carbocycles. The Hall–Kier alpha value is -1.91. The van der Waals surface area contributed by atoms with Crippen molar-refractivity contribution in [3.63, 3.8) is 0 Å². The number of nitrogens with one attached hydrogen (secondary N) is 1. The number of anilines is 2. The molecule has 0 aliphatic carbocycles. The van der Waals surface area contributed by atoms with Gasteiger partial charge < -0.3 is 5.32 Å². The molecule has 3 nitrogen and oxygen atoms in total. The maximum Gasteiger partial charge on any atom is 0.149 e. The normalized spacial score (nSPS) is 10.8. The molecule has 1 heterocycles. The number of fused-ring (bicyclic) bond motifs is 1. The molecule has 0 unspecified atom stereocenters. The van der Waals surface area contributed by atoms with Crippen LogP contribution in [0.25, 0.3) is 10.9 Å². The van der Waals surface area contributed by atoms with Gasteiger partial charge in [0.15, 0.2) is 0 Å². The van der Waals surface area contributed by atoms with E-state index in [0.717, 1.165) is 0 Å². The molecule has 0 saturated heterocycles. The first-order valence-corrected chi connectivity index (χ1v) is 6.52. The lowest BCUT2D eigenvalue weighted by Gasteiger charge is -2.10. The fourth-order valence-electron chi connectivity index (χ4n) is 1.88. The molecule has 0 spiro atoms. The summed E-state index contributed by atoms with van der Waals surface area (Å²) in [4.78, 5) is 8.06. The summed E-state index contributed by atoms with van der Waals surface area (Å²) in [6, 6.07) is 9.91. The quantitative estimate of drug-likeness (QED) is 0.737. The Bertz CT molecular complexity index is 792. The van der Waals surface area contributed by atoms with Gasteiger partial charge in [-0.05, 0) is 24.3 Å². The summed E-state index contributed by atoms with van der Waals surface area (Å²) in [5, 5.41) is 4.44. The number of para-hydroxylation sites is 1. The predicted octanol–water partition coefficient (Wildman–Crippen LogP) is 4.82. The standard InChI is InChI=1S/C14H8Cl2FN3/c15-9-4-2-6-11(12(9)16)20-14-8-3-1-5-10(17)13(8)18-7-19-14/h1-7H,(H,18,19,20). The van der Waals surface area contributed by atoms with Crippen molar-refractivity contribution >= 4 is 45.6 Å². The zero-order valence-corrected chi connectivity index (χ0v) is 11.6. The molecule has 0 aliphatic heterocycles. The molecule has 100 valence electrons. The highest BCUT2D eigenvalue weighted by Crippen LogP contribution is 2.33. The van der Waals surface area contributed by atoms with E-state index in [2.05, 4.69) is 15.3 Å². The van der Waals surface area contributed by atoms with E-state index in [4.69, 9.17) is 23.2 Å². The lowest BCUT2D eigenvalue weighted by Crippen LogP contribution is -1.97. The highest BCUT2D eigenvalue weighted by Gasteiger charge is 2.10. The number of aromatic nitrogens is 2. The molecule has 0 fully saturated rings. The SMILES string of the molecule is Fc1cccc2c(Nc3cccc(Cl)c3Cl)ncnc12. The Kier molecular flexibility index (Phi) is 3.42. The fraction of sp³-hybridized carbons (Fsp3) is 0. The summed E-state index contributed by atoms with van der Waals surface area (Å²) in [6.45, 7) is 0. The maximum absolute atomic E-state index is 13.7. The van der Waals surface area contributed by atoms with Gasteiger partial charge in [-0.2, -0.15) is 0 Å². The van der Waals surface area contributed by atoms with Crippen LogP contribution in [0.1, 0.15) is 0 Å². The van der Waals surface area contributed by atoms with Gasteiger partial charge in [0.2, 0.25) is 0 Å². The van der Waals surface area contributed by atoms with Gasteiger partial charge >= 0.3 is 0 Å². The molecule has 1 N–H and O–H groups in total. The second-order valence-electron chi connectivity index (χ2n) is 4.08. The molecule has 3 aromatic rings. The van der Waals surface area contributed by atoms with Crippen LogP contribution < -0.4 is 5.32 Å². The van der Waals surface area contributed by atoms with Gasteiger partial charge in [0.25, 0.3) is 0 Å². The molecule has 6 heteroatoms. The van der Waals surface area contributed by atoms with E-state index < -0.39 is 5.82 Å². The Balaban J connectivity index is 2.12. The van der Waals surface area contributed by atoms with Gasteiger partial charge in [-0.25, -0.2) is 14.4 Å². The van der Waals surface area contributed by atoms with Crippen molar-refractivity contribution in [1.29, 1.82) is 0 Å². The Morgan fingerprint density at radius 1 is 1.00 bits per heavy atom. The smallest absolute Gasteiger partial charge is 0.149 e. The van der Waals surface area contributed by atoms with Crippen LogP contribution in [0.15, 0.2) is 42.7 Å². The number of hydrogen-bond donors (Lipinski definition) is 1. The largest absolute Gasteiger partial charge is 0.338 e. The summed E-state index contributed by atoms with van der Waals surface area (Å²) < 4.78 is 13.7. The van der Waals surface area contributed by atoms with E-state index in [0.29, 0.717) is 26.9 Å². The van der Waals surface area contributed by atoms with Crippen LogP contribution in [0.5, 0.6) is 0 Å². The molecule has 0 radical (unpaired) electrons. The summed E-state index contributed by atoms with van der Waals surface area (Å²) in [6.07, 6.45) is 1.30. The van der Waals surface area contributed by atoms with E-state index >= 15 is 0 Å². The van der Waals surface area contributed by atoms with E-state index in [1.807, 2.05) is 0 Å². The average Bonchev–Trinajstić information content (AvgIpc) is 2.45.